The molecule has 11 heavy (non-hydrogen) atoms. The summed E-state index contributed by atoms with van der Waals surface area (Å²) in [6.07, 6.45) is 3.29. The lowest BCUT2D eigenvalue weighted by molar-refractivity contribution is -0.0351. The summed E-state index contributed by atoms with van der Waals surface area (Å²) in [6.45, 7) is -0.356. The van der Waals surface area contributed by atoms with Crippen LogP contribution in [0.15, 0.2) is 0 Å². The van der Waals surface area contributed by atoms with E-state index in [1.165, 1.54) is 0 Å². The van der Waals surface area contributed by atoms with Crippen molar-refractivity contribution in [2.45, 2.75) is 31.5 Å². The number of rotatable bonds is 3. The van der Waals surface area contributed by atoms with Crippen molar-refractivity contribution in [2.75, 3.05) is 6.61 Å². The minimum atomic E-state index is -0.977. The smallest absolute Gasteiger partial charge is 0.103 e. The number of aliphatic hydroxyl groups is 3. The minimum absolute atomic E-state index is 0.0807. The summed E-state index contributed by atoms with van der Waals surface area (Å²) in [6, 6.07) is 0. The van der Waals surface area contributed by atoms with E-state index in [4.69, 9.17) is 10.2 Å². The second-order valence-corrected chi connectivity index (χ2v) is 3.07. The lowest BCUT2D eigenvalue weighted by atomic mass is 9.97. The van der Waals surface area contributed by atoms with Crippen LogP contribution < -0.4 is 0 Å². The standard InChI is InChI=1S/C8H15O3/c9-5-7(10)8(11)6-3-1-2-4-6/h3,6-11H,1-2,4-5H2. The summed E-state index contributed by atoms with van der Waals surface area (Å²) < 4.78 is 0. The third-order valence-electron chi connectivity index (χ3n) is 2.23. The van der Waals surface area contributed by atoms with Gasteiger partial charge in [-0.25, -0.2) is 0 Å². The Morgan fingerprint density at radius 3 is 2.64 bits per heavy atom. The fraction of sp³-hybridized carbons (Fsp3) is 0.875. The maximum atomic E-state index is 9.38. The van der Waals surface area contributed by atoms with Crippen LogP contribution in [-0.4, -0.2) is 34.1 Å². The summed E-state index contributed by atoms with van der Waals surface area (Å²) in [7, 11) is 0. The van der Waals surface area contributed by atoms with Gasteiger partial charge >= 0.3 is 0 Å². The SMILES string of the molecule is OCC(O)C(O)C1[CH]CCC1. The van der Waals surface area contributed by atoms with Gasteiger partial charge < -0.3 is 15.3 Å². The van der Waals surface area contributed by atoms with Gasteiger partial charge in [-0.2, -0.15) is 0 Å². The van der Waals surface area contributed by atoms with Gasteiger partial charge in [0.15, 0.2) is 0 Å². The lowest BCUT2D eigenvalue weighted by Crippen LogP contribution is -2.34. The highest BCUT2D eigenvalue weighted by atomic mass is 16.4. The molecule has 0 aliphatic heterocycles. The van der Waals surface area contributed by atoms with Crippen LogP contribution in [0.3, 0.4) is 0 Å². The molecule has 0 aromatic heterocycles. The molecule has 3 atom stereocenters. The zero-order chi connectivity index (χ0) is 8.27. The number of hydrogen-bond donors (Lipinski definition) is 3. The van der Waals surface area contributed by atoms with Crippen molar-refractivity contribution in [3.63, 3.8) is 0 Å². The van der Waals surface area contributed by atoms with Crippen LogP contribution in [-0.2, 0) is 0 Å². The van der Waals surface area contributed by atoms with Crippen molar-refractivity contribution >= 4 is 0 Å². The molecule has 0 amide bonds. The molecule has 0 aromatic carbocycles. The Morgan fingerprint density at radius 1 is 1.45 bits per heavy atom. The normalized spacial score (nSPS) is 25.4. The molecule has 1 radical (unpaired) electrons. The van der Waals surface area contributed by atoms with Gasteiger partial charge in [-0.15, -0.1) is 0 Å². The molecule has 1 fully saturated rings. The van der Waals surface area contributed by atoms with E-state index >= 15 is 0 Å². The van der Waals surface area contributed by atoms with Gasteiger partial charge in [0.25, 0.3) is 0 Å². The molecule has 0 heterocycles. The Morgan fingerprint density at radius 2 is 2.18 bits per heavy atom. The second kappa shape index (κ2) is 4.04. The monoisotopic (exact) mass is 159 g/mol. The first-order valence-electron chi connectivity index (χ1n) is 4.06. The molecule has 1 aliphatic rings. The predicted octanol–water partition coefficient (Wildman–Crippen LogP) is -0.295. The zero-order valence-corrected chi connectivity index (χ0v) is 6.48. The fourth-order valence-electron chi connectivity index (χ4n) is 1.51. The van der Waals surface area contributed by atoms with Gasteiger partial charge in [0.1, 0.15) is 6.10 Å². The third-order valence-corrected chi connectivity index (χ3v) is 2.23. The van der Waals surface area contributed by atoms with Crippen LogP contribution in [0.1, 0.15) is 19.3 Å². The maximum absolute atomic E-state index is 9.38. The van der Waals surface area contributed by atoms with Crippen molar-refractivity contribution in [1.29, 1.82) is 0 Å². The molecule has 3 nitrogen and oxygen atoms in total. The highest BCUT2D eigenvalue weighted by molar-refractivity contribution is 4.90. The van der Waals surface area contributed by atoms with Gasteiger partial charge in [-0.05, 0) is 25.2 Å². The Balaban J connectivity index is 2.32. The van der Waals surface area contributed by atoms with E-state index in [1.807, 2.05) is 6.42 Å². The summed E-state index contributed by atoms with van der Waals surface area (Å²) in [5, 5.41) is 27.0. The predicted molar refractivity (Wildman–Crippen MR) is 40.7 cm³/mol. The Labute approximate surface area is 66.7 Å². The van der Waals surface area contributed by atoms with Crippen molar-refractivity contribution in [1.82, 2.24) is 0 Å². The first kappa shape index (κ1) is 8.97. The molecule has 3 heteroatoms. The molecular weight excluding hydrogens is 144 g/mol. The number of hydrogen-bond acceptors (Lipinski definition) is 3. The second-order valence-electron chi connectivity index (χ2n) is 3.07. The van der Waals surface area contributed by atoms with Gasteiger partial charge in [0, 0.05) is 0 Å². The molecule has 0 spiro atoms. The number of aliphatic hydroxyl groups excluding tert-OH is 3. The van der Waals surface area contributed by atoms with Crippen LogP contribution >= 0.6 is 0 Å². The largest absolute Gasteiger partial charge is 0.394 e. The molecule has 3 unspecified atom stereocenters. The van der Waals surface area contributed by atoms with Crippen molar-refractivity contribution in [3.05, 3.63) is 6.42 Å². The van der Waals surface area contributed by atoms with E-state index in [0.717, 1.165) is 19.3 Å². The molecule has 1 aliphatic carbocycles. The van der Waals surface area contributed by atoms with E-state index in [-0.39, 0.29) is 12.5 Å². The molecule has 65 valence electrons. The quantitative estimate of drug-likeness (QED) is 0.530. The van der Waals surface area contributed by atoms with E-state index in [2.05, 4.69) is 0 Å². The molecule has 1 rings (SSSR count). The van der Waals surface area contributed by atoms with E-state index in [9.17, 15) is 5.11 Å². The zero-order valence-electron chi connectivity index (χ0n) is 6.48. The van der Waals surface area contributed by atoms with Gasteiger partial charge in [0.2, 0.25) is 0 Å². The summed E-state index contributed by atoms with van der Waals surface area (Å²) in [5.74, 6) is 0.0807. The molecule has 0 saturated heterocycles. The Hall–Kier alpha value is -0.120. The summed E-state index contributed by atoms with van der Waals surface area (Å²) in [4.78, 5) is 0. The molecule has 0 bridgehead atoms. The third kappa shape index (κ3) is 2.15. The molecule has 3 N–H and O–H groups in total. The molecule has 1 saturated carbocycles. The average molecular weight is 159 g/mol. The van der Waals surface area contributed by atoms with Crippen LogP contribution in [0.2, 0.25) is 0 Å². The lowest BCUT2D eigenvalue weighted by Gasteiger charge is -2.21. The van der Waals surface area contributed by atoms with Crippen LogP contribution in [0.5, 0.6) is 0 Å². The molecule has 0 aromatic rings. The van der Waals surface area contributed by atoms with Gasteiger partial charge in [-0.1, -0.05) is 6.42 Å². The highest BCUT2D eigenvalue weighted by Gasteiger charge is 2.28. The van der Waals surface area contributed by atoms with Crippen molar-refractivity contribution < 1.29 is 15.3 Å². The topological polar surface area (TPSA) is 60.7 Å². The molecular formula is C8H15O3. The maximum Gasteiger partial charge on any atom is 0.103 e. The van der Waals surface area contributed by atoms with E-state index in [0.29, 0.717) is 0 Å². The minimum Gasteiger partial charge on any atom is -0.394 e. The van der Waals surface area contributed by atoms with Crippen molar-refractivity contribution in [2.24, 2.45) is 5.92 Å². The summed E-state index contributed by atoms with van der Waals surface area (Å²) in [5.41, 5.74) is 0. The summed E-state index contributed by atoms with van der Waals surface area (Å²) >= 11 is 0. The highest BCUT2D eigenvalue weighted by Crippen LogP contribution is 2.27. The van der Waals surface area contributed by atoms with Gasteiger partial charge in [0.05, 0.1) is 12.7 Å². The Bertz CT molecular complexity index is 110. The first-order chi connectivity index (χ1) is 5.25. The average Bonchev–Trinajstić information content (AvgIpc) is 2.53. The van der Waals surface area contributed by atoms with Crippen LogP contribution in [0.25, 0.3) is 0 Å². The van der Waals surface area contributed by atoms with Crippen LogP contribution in [0.4, 0.5) is 0 Å². The van der Waals surface area contributed by atoms with E-state index < -0.39 is 12.2 Å². The van der Waals surface area contributed by atoms with Gasteiger partial charge in [-0.3, -0.25) is 0 Å². The Kier molecular flexibility index (Phi) is 3.30. The van der Waals surface area contributed by atoms with E-state index in [1.54, 1.807) is 0 Å². The first-order valence-corrected chi connectivity index (χ1v) is 4.06. The fourth-order valence-corrected chi connectivity index (χ4v) is 1.51. The van der Waals surface area contributed by atoms with Crippen LogP contribution in [0, 0.1) is 12.3 Å². The van der Waals surface area contributed by atoms with Crippen molar-refractivity contribution in [3.8, 4) is 0 Å².